The second kappa shape index (κ2) is 5.78. The lowest BCUT2D eigenvalue weighted by Crippen LogP contribution is -2.24. The Bertz CT molecular complexity index is 322. The Morgan fingerprint density at radius 3 is 2.93 bits per heavy atom. The summed E-state index contributed by atoms with van der Waals surface area (Å²) in [6.07, 6.45) is 0.533. The number of carbonyl (C=O) groups excluding carboxylic acids is 1. The minimum atomic E-state index is -0.285. The van der Waals surface area contributed by atoms with Gasteiger partial charge in [-0.3, -0.25) is 4.79 Å². The maximum atomic E-state index is 11.4. The number of furan rings is 1. The summed E-state index contributed by atoms with van der Waals surface area (Å²) >= 11 is 5.79. The molecule has 4 nitrogen and oxygen atoms in total. The minimum Gasteiger partial charge on any atom is -0.454 e. The molecule has 1 rings (SSSR count). The van der Waals surface area contributed by atoms with Gasteiger partial charge in [-0.1, -0.05) is 0 Å². The second-order valence-corrected chi connectivity index (χ2v) is 3.81. The number of rotatable bonds is 5. The Balaban J connectivity index is 2.51. The molecule has 84 valence electrons. The van der Waals surface area contributed by atoms with Gasteiger partial charge in [-0.2, -0.15) is 0 Å². The summed E-state index contributed by atoms with van der Waals surface area (Å²) in [5.74, 6) is 0.534. The summed E-state index contributed by atoms with van der Waals surface area (Å²) in [7, 11) is 0. The minimum absolute atomic E-state index is 0.0579. The van der Waals surface area contributed by atoms with Gasteiger partial charge in [-0.25, -0.2) is 0 Å². The summed E-state index contributed by atoms with van der Waals surface area (Å²) in [6, 6.07) is 3.26. The van der Waals surface area contributed by atoms with Crippen LogP contribution in [0.1, 0.15) is 35.0 Å². The van der Waals surface area contributed by atoms with E-state index in [0.717, 1.165) is 0 Å². The van der Waals surface area contributed by atoms with Crippen LogP contribution in [0.5, 0.6) is 0 Å². The van der Waals surface area contributed by atoms with E-state index in [0.29, 0.717) is 18.7 Å². The molecule has 0 aliphatic heterocycles. The van der Waals surface area contributed by atoms with Gasteiger partial charge in [0.05, 0.1) is 5.38 Å². The van der Waals surface area contributed by atoms with E-state index in [-0.39, 0.29) is 23.7 Å². The van der Waals surface area contributed by atoms with Crippen LogP contribution in [-0.2, 0) is 0 Å². The van der Waals surface area contributed by atoms with Crippen LogP contribution in [0.15, 0.2) is 16.5 Å². The number of aliphatic hydroxyl groups excluding tert-OH is 1. The van der Waals surface area contributed by atoms with Crippen LogP contribution >= 0.6 is 11.6 Å². The highest BCUT2D eigenvalue weighted by molar-refractivity contribution is 6.20. The highest BCUT2D eigenvalue weighted by Gasteiger charge is 2.12. The quantitative estimate of drug-likeness (QED) is 0.599. The first kappa shape index (κ1) is 12.1. The summed E-state index contributed by atoms with van der Waals surface area (Å²) in [4.78, 5) is 11.4. The van der Waals surface area contributed by atoms with Crippen molar-refractivity contribution in [1.82, 2.24) is 5.32 Å². The summed E-state index contributed by atoms with van der Waals surface area (Å²) in [5.41, 5.74) is 0. The van der Waals surface area contributed by atoms with Crippen molar-refractivity contribution in [1.29, 1.82) is 0 Å². The molecule has 1 amide bonds. The predicted molar refractivity (Wildman–Crippen MR) is 57.0 cm³/mol. The number of alkyl halides is 1. The summed E-state index contributed by atoms with van der Waals surface area (Å²) in [5, 5.41) is 10.9. The highest BCUT2D eigenvalue weighted by atomic mass is 35.5. The van der Waals surface area contributed by atoms with Crippen molar-refractivity contribution >= 4 is 17.5 Å². The topological polar surface area (TPSA) is 62.5 Å². The second-order valence-electron chi connectivity index (χ2n) is 3.15. The zero-order chi connectivity index (χ0) is 11.3. The van der Waals surface area contributed by atoms with Gasteiger partial charge in [0.15, 0.2) is 5.76 Å². The van der Waals surface area contributed by atoms with Crippen molar-refractivity contribution in [2.75, 3.05) is 13.2 Å². The maximum Gasteiger partial charge on any atom is 0.286 e. The monoisotopic (exact) mass is 231 g/mol. The van der Waals surface area contributed by atoms with E-state index in [4.69, 9.17) is 21.1 Å². The predicted octanol–water partition coefficient (Wildman–Crippen LogP) is 1.69. The average molecular weight is 232 g/mol. The Kier molecular flexibility index (Phi) is 4.65. The molecule has 0 spiro atoms. The van der Waals surface area contributed by atoms with Crippen molar-refractivity contribution in [3.63, 3.8) is 0 Å². The fourth-order valence-corrected chi connectivity index (χ4v) is 1.17. The van der Waals surface area contributed by atoms with Crippen molar-refractivity contribution in [2.24, 2.45) is 0 Å². The number of amides is 1. The third-order valence-electron chi connectivity index (χ3n) is 1.86. The van der Waals surface area contributed by atoms with E-state index >= 15 is 0 Å². The Morgan fingerprint density at radius 1 is 1.67 bits per heavy atom. The van der Waals surface area contributed by atoms with Gasteiger partial charge in [0.25, 0.3) is 5.91 Å². The van der Waals surface area contributed by atoms with E-state index in [1.807, 2.05) is 0 Å². The normalized spacial score (nSPS) is 12.5. The van der Waals surface area contributed by atoms with Crippen LogP contribution in [0, 0.1) is 0 Å². The largest absolute Gasteiger partial charge is 0.454 e. The first-order valence-electron chi connectivity index (χ1n) is 4.78. The van der Waals surface area contributed by atoms with Gasteiger partial charge in [0.2, 0.25) is 0 Å². The van der Waals surface area contributed by atoms with E-state index in [1.165, 1.54) is 0 Å². The molecule has 1 atom stereocenters. The molecule has 0 radical (unpaired) electrons. The molecule has 0 aromatic carbocycles. The lowest BCUT2D eigenvalue weighted by molar-refractivity contribution is 0.0921. The lowest BCUT2D eigenvalue weighted by Gasteiger charge is -2.01. The molecule has 2 N–H and O–H groups in total. The lowest BCUT2D eigenvalue weighted by atomic mass is 10.3. The first-order chi connectivity index (χ1) is 7.15. The SMILES string of the molecule is CC(Cl)c1ccc(C(=O)NCCCO)o1. The van der Waals surface area contributed by atoms with E-state index in [1.54, 1.807) is 19.1 Å². The van der Waals surface area contributed by atoms with Crippen LogP contribution in [0.2, 0.25) is 0 Å². The molecule has 5 heteroatoms. The first-order valence-corrected chi connectivity index (χ1v) is 5.21. The van der Waals surface area contributed by atoms with E-state index in [9.17, 15) is 4.79 Å². The number of nitrogens with one attached hydrogen (secondary N) is 1. The molecular formula is C10H14ClNO3. The summed E-state index contributed by atoms with van der Waals surface area (Å²) < 4.78 is 5.23. The molecule has 0 aliphatic rings. The van der Waals surface area contributed by atoms with Gasteiger partial charge >= 0.3 is 0 Å². The Hall–Kier alpha value is -1.00. The van der Waals surface area contributed by atoms with Crippen molar-refractivity contribution in [3.8, 4) is 0 Å². The molecule has 1 aromatic rings. The Labute approximate surface area is 93.2 Å². The number of halogens is 1. The van der Waals surface area contributed by atoms with Crippen LogP contribution in [0.4, 0.5) is 0 Å². The molecule has 0 aliphatic carbocycles. The number of carbonyl (C=O) groups is 1. The molecule has 0 bridgehead atoms. The van der Waals surface area contributed by atoms with E-state index in [2.05, 4.69) is 5.32 Å². The fourth-order valence-electron chi connectivity index (χ4n) is 1.06. The zero-order valence-electron chi connectivity index (χ0n) is 8.50. The molecule has 1 unspecified atom stereocenters. The third-order valence-corrected chi connectivity index (χ3v) is 2.08. The molecule has 0 saturated heterocycles. The van der Waals surface area contributed by atoms with Gasteiger partial charge in [-0.05, 0) is 25.5 Å². The van der Waals surface area contributed by atoms with Crippen LogP contribution in [-0.4, -0.2) is 24.2 Å². The Morgan fingerprint density at radius 2 is 2.40 bits per heavy atom. The highest BCUT2D eigenvalue weighted by Crippen LogP contribution is 2.21. The van der Waals surface area contributed by atoms with Crippen LogP contribution < -0.4 is 5.32 Å². The fraction of sp³-hybridized carbons (Fsp3) is 0.500. The van der Waals surface area contributed by atoms with Crippen LogP contribution in [0.25, 0.3) is 0 Å². The van der Waals surface area contributed by atoms with E-state index < -0.39 is 0 Å². The number of hydrogen-bond acceptors (Lipinski definition) is 3. The zero-order valence-corrected chi connectivity index (χ0v) is 9.25. The average Bonchev–Trinajstić information content (AvgIpc) is 2.66. The van der Waals surface area contributed by atoms with Crippen LogP contribution in [0.3, 0.4) is 0 Å². The molecule has 0 saturated carbocycles. The molecule has 0 fully saturated rings. The molecule has 1 heterocycles. The maximum absolute atomic E-state index is 11.4. The van der Waals surface area contributed by atoms with Gasteiger partial charge in [-0.15, -0.1) is 11.6 Å². The van der Waals surface area contributed by atoms with Crippen molar-refractivity contribution in [3.05, 3.63) is 23.7 Å². The molecule has 1 aromatic heterocycles. The summed E-state index contributed by atoms with van der Waals surface area (Å²) in [6.45, 7) is 2.26. The third kappa shape index (κ3) is 3.57. The smallest absolute Gasteiger partial charge is 0.286 e. The number of aliphatic hydroxyl groups is 1. The number of hydrogen-bond donors (Lipinski definition) is 2. The molecule has 15 heavy (non-hydrogen) atoms. The van der Waals surface area contributed by atoms with Crippen molar-refractivity contribution in [2.45, 2.75) is 18.7 Å². The van der Waals surface area contributed by atoms with Gasteiger partial charge < -0.3 is 14.8 Å². The standard InChI is InChI=1S/C10H14ClNO3/c1-7(11)8-3-4-9(15-8)10(14)12-5-2-6-13/h3-4,7,13H,2,5-6H2,1H3,(H,12,14). The van der Waals surface area contributed by atoms with Gasteiger partial charge in [0.1, 0.15) is 5.76 Å². The van der Waals surface area contributed by atoms with Gasteiger partial charge in [0, 0.05) is 13.2 Å². The van der Waals surface area contributed by atoms with Crippen molar-refractivity contribution < 1.29 is 14.3 Å². The molecular weight excluding hydrogens is 218 g/mol.